The van der Waals surface area contributed by atoms with Crippen molar-refractivity contribution >= 4 is 11.5 Å². The van der Waals surface area contributed by atoms with Crippen molar-refractivity contribution in [3.05, 3.63) is 16.4 Å². The van der Waals surface area contributed by atoms with Crippen molar-refractivity contribution in [3.63, 3.8) is 0 Å². The quantitative estimate of drug-likeness (QED) is 0.344. The molecule has 0 aromatic carbocycles. The first-order valence-electron chi connectivity index (χ1n) is 3.21. The van der Waals surface area contributed by atoms with Crippen LogP contribution < -0.4 is 0 Å². The highest BCUT2D eigenvalue weighted by Gasteiger charge is 2.26. The van der Waals surface area contributed by atoms with E-state index in [0.29, 0.717) is 0 Å². The van der Waals surface area contributed by atoms with Crippen LogP contribution in [0.4, 0.5) is 0 Å². The minimum Gasteiger partial charge on any atom is -0.504 e. The molecule has 0 atom stereocenters. The van der Waals surface area contributed by atoms with Gasteiger partial charge in [0.15, 0.2) is 17.2 Å². The lowest BCUT2D eigenvalue weighted by Gasteiger charge is -2.09. The number of aliphatic hydroxyl groups is 1. The van der Waals surface area contributed by atoms with E-state index in [1.807, 2.05) is 0 Å². The molecule has 0 spiro atoms. The van der Waals surface area contributed by atoms with Crippen LogP contribution in [0.25, 0.3) is 0 Å². The van der Waals surface area contributed by atoms with Gasteiger partial charge in [-0.15, -0.1) is 4.91 Å². The Labute approximate surface area is 67.2 Å². The number of nitrogens with zero attached hydrogens (tertiary/aromatic N) is 2. The summed E-state index contributed by atoms with van der Waals surface area (Å²) in [7, 11) is 0. The SMILES string of the molecule is O=NC1=C(O)/C(=N/O)CCC1=O. The predicted octanol–water partition coefficient (Wildman–Crippen LogP) is 0.716. The van der Waals surface area contributed by atoms with Crippen LogP contribution in [-0.2, 0) is 4.79 Å². The molecule has 64 valence electrons. The summed E-state index contributed by atoms with van der Waals surface area (Å²) in [5.74, 6) is -1.15. The standard InChI is InChI=1S/C6H6N2O4/c9-4-2-1-3(7-11)6(10)5(4)8-12/h10-11H,1-2H2/b7-3+. The molecule has 0 bridgehead atoms. The number of oxime groups is 1. The molecule has 0 unspecified atom stereocenters. The van der Waals surface area contributed by atoms with E-state index in [9.17, 15) is 9.70 Å². The number of nitroso groups, excluding NO2 is 1. The fraction of sp³-hybridized carbons (Fsp3) is 0.333. The summed E-state index contributed by atoms with van der Waals surface area (Å²) in [6.45, 7) is 0. The normalized spacial score (nSPS) is 21.7. The molecule has 0 radical (unpaired) electrons. The van der Waals surface area contributed by atoms with Gasteiger partial charge >= 0.3 is 0 Å². The monoisotopic (exact) mass is 170 g/mol. The predicted molar refractivity (Wildman–Crippen MR) is 38.9 cm³/mol. The highest BCUT2D eigenvalue weighted by molar-refractivity contribution is 6.11. The third-order valence-electron chi connectivity index (χ3n) is 1.56. The molecule has 2 N–H and O–H groups in total. The second-order valence-electron chi connectivity index (χ2n) is 2.26. The molecule has 0 aromatic rings. The smallest absolute Gasteiger partial charge is 0.194 e. The van der Waals surface area contributed by atoms with Crippen LogP contribution in [-0.4, -0.2) is 21.8 Å². The molecule has 0 amide bonds. The van der Waals surface area contributed by atoms with Crippen LogP contribution in [0.3, 0.4) is 0 Å². The number of Topliss-reactive ketones (excluding diaryl/α,β-unsaturated/α-hetero) is 1. The van der Waals surface area contributed by atoms with E-state index in [1.165, 1.54) is 0 Å². The number of ketones is 1. The maximum Gasteiger partial charge on any atom is 0.194 e. The number of hydrogen-bond acceptors (Lipinski definition) is 6. The Balaban J connectivity index is 3.16. The number of rotatable bonds is 1. The van der Waals surface area contributed by atoms with Crippen molar-refractivity contribution < 1.29 is 15.1 Å². The maximum atomic E-state index is 10.8. The first-order valence-corrected chi connectivity index (χ1v) is 3.21. The Morgan fingerprint density at radius 3 is 2.50 bits per heavy atom. The van der Waals surface area contributed by atoms with E-state index in [-0.39, 0.29) is 18.6 Å². The zero-order chi connectivity index (χ0) is 9.14. The summed E-state index contributed by atoms with van der Waals surface area (Å²) < 4.78 is 0. The van der Waals surface area contributed by atoms with Crippen LogP contribution in [0, 0.1) is 4.91 Å². The summed E-state index contributed by atoms with van der Waals surface area (Å²) in [5.41, 5.74) is -0.641. The number of hydrogen-bond donors (Lipinski definition) is 2. The van der Waals surface area contributed by atoms with Crippen molar-refractivity contribution in [1.82, 2.24) is 0 Å². The van der Waals surface area contributed by atoms with E-state index in [2.05, 4.69) is 10.3 Å². The first-order chi connectivity index (χ1) is 5.70. The molecule has 6 heteroatoms. The van der Waals surface area contributed by atoms with Crippen molar-refractivity contribution in [2.45, 2.75) is 12.8 Å². The molecule has 12 heavy (non-hydrogen) atoms. The maximum absolute atomic E-state index is 10.8. The Hall–Kier alpha value is -1.72. The molecule has 1 rings (SSSR count). The van der Waals surface area contributed by atoms with Crippen LogP contribution in [0.15, 0.2) is 21.8 Å². The number of allylic oxidation sites excluding steroid dienone is 2. The number of carbonyl (C=O) groups excluding carboxylic acids is 1. The summed E-state index contributed by atoms with van der Waals surface area (Å²) in [6.07, 6.45) is 0.157. The van der Waals surface area contributed by atoms with Gasteiger partial charge in [-0.3, -0.25) is 4.79 Å². The first kappa shape index (κ1) is 8.38. The third-order valence-corrected chi connectivity index (χ3v) is 1.56. The van der Waals surface area contributed by atoms with Gasteiger partial charge in [0.1, 0.15) is 5.71 Å². The van der Waals surface area contributed by atoms with Crippen LogP contribution in [0.2, 0.25) is 0 Å². The Morgan fingerprint density at radius 2 is 2.00 bits per heavy atom. The zero-order valence-electron chi connectivity index (χ0n) is 6.02. The van der Waals surface area contributed by atoms with Crippen LogP contribution >= 0.6 is 0 Å². The van der Waals surface area contributed by atoms with Gasteiger partial charge in [-0.2, -0.15) is 0 Å². The number of carbonyl (C=O) groups is 1. The lowest BCUT2D eigenvalue weighted by atomic mass is 10.0. The van der Waals surface area contributed by atoms with Crippen molar-refractivity contribution in [2.24, 2.45) is 10.3 Å². The van der Waals surface area contributed by atoms with Crippen molar-refractivity contribution in [2.75, 3.05) is 0 Å². The largest absolute Gasteiger partial charge is 0.504 e. The van der Waals surface area contributed by atoms with Gasteiger partial charge in [0, 0.05) is 12.8 Å². The van der Waals surface area contributed by atoms with Crippen molar-refractivity contribution in [3.8, 4) is 0 Å². The second kappa shape index (κ2) is 3.12. The second-order valence-corrected chi connectivity index (χ2v) is 2.26. The lowest BCUT2D eigenvalue weighted by molar-refractivity contribution is -0.115. The Bertz CT molecular complexity index is 292. The fourth-order valence-electron chi connectivity index (χ4n) is 0.929. The molecule has 0 saturated carbocycles. The molecule has 6 nitrogen and oxygen atoms in total. The van der Waals surface area contributed by atoms with Crippen LogP contribution in [0.5, 0.6) is 0 Å². The van der Waals surface area contributed by atoms with Gasteiger partial charge in [-0.05, 0) is 5.18 Å². The van der Waals surface area contributed by atoms with Gasteiger partial charge in [0.25, 0.3) is 0 Å². The highest BCUT2D eigenvalue weighted by Crippen LogP contribution is 2.18. The minimum atomic E-state index is -0.622. The zero-order valence-corrected chi connectivity index (χ0v) is 6.02. The lowest BCUT2D eigenvalue weighted by Crippen LogP contribution is -2.18. The fourth-order valence-corrected chi connectivity index (χ4v) is 0.929. The minimum absolute atomic E-state index is 0.0323. The molecule has 0 saturated heterocycles. The molecular weight excluding hydrogens is 164 g/mol. The Kier molecular flexibility index (Phi) is 2.18. The van der Waals surface area contributed by atoms with Crippen LogP contribution in [0.1, 0.15) is 12.8 Å². The van der Waals surface area contributed by atoms with Gasteiger partial charge in [-0.25, -0.2) is 0 Å². The summed E-state index contributed by atoms with van der Waals surface area (Å²) in [4.78, 5) is 20.9. The average Bonchev–Trinajstić information content (AvgIpc) is 2.06. The van der Waals surface area contributed by atoms with Gasteiger partial charge in [-0.1, -0.05) is 5.16 Å². The molecule has 1 aliphatic carbocycles. The van der Waals surface area contributed by atoms with E-state index in [0.717, 1.165) is 0 Å². The van der Waals surface area contributed by atoms with Gasteiger partial charge in [0.2, 0.25) is 0 Å². The van der Waals surface area contributed by atoms with Crippen molar-refractivity contribution in [1.29, 1.82) is 0 Å². The molecule has 1 aliphatic rings. The van der Waals surface area contributed by atoms with E-state index >= 15 is 0 Å². The molecule has 0 fully saturated rings. The molecule has 0 heterocycles. The molecule has 0 aromatic heterocycles. The number of aliphatic hydroxyl groups excluding tert-OH is 1. The summed E-state index contributed by atoms with van der Waals surface area (Å²) in [6, 6.07) is 0. The highest BCUT2D eigenvalue weighted by atomic mass is 16.4. The van der Waals surface area contributed by atoms with E-state index in [4.69, 9.17) is 10.3 Å². The van der Waals surface area contributed by atoms with E-state index < -0.39 is 17.2 Å². The molecular formula is C6H6N2O4. The summed E-state index contributed by atoms with van der Waals surface area (Å²) in [5, 5.41) is 22.4. The third kappa shape index (κ3) is 1.18. The topological polar surface area (TPSA) is 99.3 Å². The Morgan fingerprint density at radius 1 is 1.33 bits per heavy atom. The summed E-state index contributed by atoms with van der Waals surface area (Å²) >= 11 is 0. The van der Waals surface area contributed by atoms with Gasteiger partial charge < -0.3 is 10.3 Å². The molecule has 0 aliphatic heterocycles. The average molecular weight is 170 g/mol. The van der Waals surface area contributed by atoms with Gasteiger partial charge in [0.05, 0.1) is 0 Å². The van der Waals surface area contributed by atoms with E-state index in [1.54, 1.807) is 0 Å².